The Balaban J connectivity index is 2.28. The molecule has 12 heavy (non-hydrogen) atoms. The van der Waals surface area contributed by atoms with Crippen LogP contribution in [0.4, 0.5) is 0 Å². The van der Waals surface area contributed by atoms with Gasteiger partial charge < -0.3 is 10.4 Å². The second-order valence-corrected chi connectivity index (χ2v) is 3.97. The van der Waals surface area contributed by atoms with Gasteiger partial charge in [-0.1, -0.05) is 20.3 Å². The zero-order valence-corrected chi connectivity index (χ0v) is 8.21. The first-order valence-electron chi connectivity index (χ1n) is 5.14. The van der Waals surface area contributed by atoms with Crippen molar-refractivity contribution in [2.45, 2.75) is 51.6 Å². The van der Waals surface area contributed by atoms with E-state index >= 15 is 0 Å². The number of hydrogen-bond donors (Lipinski definition) is 2. The molecule has 2 N–H and O–H groups in total. The van der Waals surface area contributed by atoms with Gasteiger partial charge in [-0.05, 0) is 25.2 Å². The van der Waals surface area contributed by atoms with Crippen LogP contribution in [0.2, 0.25) is 0 Å². The Labute approximate surface area is 75.4 Å². The van der Waals surface area contributed by atoms with Crippen molar-refractivity contribution < 1.29 is 5.11 Å². The minimum Gasteiger partial charge on any atom is -0.395 e. The van der Waals surface area contributed by atoms with Gasteiger partial charge in [0.25, 0.3) is 0 Å². The number of nitrogens with one attached hydrogen (secondary N) is 1. The topological polar surface area (TPSA) is 32.3 Å². The van der Waals surface area contributed by atoms with Gasteiger partial charge in [-0.15, -0.1) is 0 Å². The highest BCUT2D eigenvalue weighted by Gasteiger charge is 2.24. The van der Waals surface area contributed by atoms with Crippen molar-refractivity contribution in [2.24, 2.45) is 5.92 Å². The Hall–Kier alpha value is -0.0800. The molecule has 1 rings (SSSR count). The maximum absolute atomic E-state index is 9.01. The molecule has 1 fully saturated rings. The molecule has 1 aliphatic carbocycles. The van der Waals surface area contributed by atoms with Crippen molar-refractivity contribution in [3.63, 3.8) is 0 Å². The lowest BCUT2D eigenvalue weighted by Crippen LogP contribution is -2.41. The molecule has 2 nitrogen and oxygen atoms in total. The Morgan fingerprint density at radius 1 is 1.50 bits per heavy atom. The Morgan fingerprint density at radius 2 is 2.25 bits per heavy atom. The quantitative estimate of drug-likeness (QED) is 0.672. The van der Waals surface area contributed by atoms with Gasteiger partial charge in [0.15, 0.2) is 0 Å². The third-order valence-corrected chi connectivity index (χ3v) is 3.02. The zero-order valence-electron chi connectivity index (χ0n) is 8.21. The molecule has 0 aliphatic heterocycles. The van der Waals surface area contributed by atoms with Gasteiger partial charge in [0.2, 0.25) is 0 Å². The lowest BCUT2D eigenvalue weighted by molar-refractivity contribution is 0.219. The van der Waals surface area contributed by atoms with Crippen LogP contribution in [0.25, 0.3) is 0 Å². The van der Waals surface area contributed by atoms with E-state index in [0.29, 0.717) is 12.1 Å². The van der Waals surface area contributed by atoms with Crippen LogP contribution >= 0.6 is 0 Å². The van der Waals surface area contributed by atoms with Crippen LogP contribution in [0.5, 0.6) is 0 Å². The van der Waals surface area contributed by atoms with E-state index in [9.17, 15) is 0 Å². The van der Waals surface area contributed by atoms with Crippen LogP contribution in [0.15, 0.2) is 0 Å². The van der Waals surface area contributed by atoms with Gasteiger partial charge in [-0.25, -0.2) is 0 Å². The number of rotatable bonds is 4. The number of aliphatic hydroxyl groups excluding tert-OH is 1. The Morgan fingerprint density at radius 3 is 2.67 bits per heavy atom. The van der Waals surface area contributed by atoms with Crippen LogP contribution in [-0.2, 0) is 0 Å². The molecule has 3 atom stereocenters. The minimum absolute atomic E-state index is 0.278. The molecule has 0 radical (unpaired) electrons. The summed E-state index contributed by atoms with van der Waals surface area (Å²) >= 11 is 0. The molecule has 0 saturated heterocycles. The summed E-state index contributed by atoms with van der Waals surface area (Å²) in [4.78, 5) is 0. The first-order chi connectivity index (χ1) is 5.77. The fourth-order valence-corrected chi connectivity index (χ4v) is 2.00. The molecular weight excluding hydrogens is 150 g/mol. The van der Waals surface area contributed by atoms with Crippen LogP contribution in [0.3, 0.4) is 0 Å². The average molecular weight is 171 g/mol. The SMILES string of the molecule is CC[C@H](CO)N[C@H]1CCC[C@@H]1C. The Bertz CT molecular complexity index is 123. The van der Waals surface area contributed by atoms with E-state index in [0.717, 1.165) is 12.3 Å². The van der Waals surface area contributed by atoms with Crippen molar-refractivity contribution in [1.29, 1.82) is 0 Å². The van der Waals surface area contributed by atoms with Gasteiger partial charge in [-0.3, -0.25) is 0 Å². The zero-order chi connectivity index (χ0) is 8.97. The summed E-state index contributed by atoms with van der Waals surface area (Å²) in [6.07, 6.45) is 5.01. The second kappa shape index (κ2) is 4.83. The predicted octanol–water partition coefficient (Wildman–Crippen LogP) is 1.54. The first-order valence-corrected chi connectivity index (χ1v) is 5.14. The fourth-order valence-electron chi connectivity index (χ4n) is 2.00. The van der Waals surface area contributed by atoms with Gasteiger partial charge in [-0.2, -0.15) is 0 Å². The minimum atomic E-state index is 0.278. The van der Waals surface area contributed by atoms with E-state index in [4.69, 9.17) is 5.11 Å². The van der Waals surface area contributed by atoms with Crippen molar-refractivity contribution in [1.82, 2.24) is 5.32 Å². The molecule has 0 spiro atoms. The van der Waals surface area contributed by atoms with Crippen molar-refractivity contribution in [2.75, 3.05) is 6.61 Å². The third kappa shape index (κ3) is 2.46. The monoisotopic (exact) mass is 171 g/mol. The molecule has 2 heteroatoms. The largest absolute Gasteiger partial charge is 0.395 e. The van der Waals surface area contributed by atoms with E-state index < -0.39 is 0 Å². The summed E-state index contributed by atoms with van der Waals surface area (Å²) in [6, 6.07) is 0.970. The molecule has 0 unspecified atom stereocenters. The van der Waals surface area contributed by atoms with Crippen molar-refractivity contribution >= 4 is 0 Å². The summed E-state index contributed by atoms with van der Waals surface area (Å²) in [5.41, 5.74) is 0. The van der Waals surface area contributed by atoms with E-state index in [2.05, 4.69) is 19.2 Å². The van der Waals surface area contributed by atoms with Crippen LogP contribution in [0, 0.1) is 5.92 Å². The number of hydrogen-bond acceptors (Lipinski definition) is 2. The van der Waals surface area contributed by atoms with Gasteiger partial charge in [0.05, 0.1) is 6.61 Å². The van der Waals surface area contributed by atoms with E-state index in [1.54, 1.807) is 0 Å². The summed E-state index contributed by atoms with van der Waals surface area (Å²) in [5, 5.41) is 12.5. The summed E-state index contributed by atoms with van der Waals surface area (Å²) in [7, 11) is 0. The van der Waals surface area contributed by atoms with Crippen molar-refractivity contribution in [3.8, 4) is 0 Å². The molecule has 0 heterocycles. The average Bonchev–Trinajstić information content (AvgIpc) is 2.47. The second-order valence-electron chi connectivity index (χ2n) is 3.97. The summed E-state index contributed by atoms with van der Waals surface area (Å²) < 4.78 is 0. The smallest absolute Gasteiger partial charge is 0.0584 e. The molecule has 1 saturated carbocycles. The molecule has 0 aromatic carbocycles. The van der Waals surface area contributed by atoms with E-state index in [-0.39, 0.29) is 6.61 Å². The third-order valence-electron chi connectivity index (χ3n) is 3.02. The standard InChI is InChI=1S/C10H21NO/c1-3-9(7-12)11-10-6-4-5-8(10)2/h8-12H,3-7H2,1-2H3/t8-,9+,10-/m0/s1. The normalized spacial score (nSPS) is 32.2. The highest BCUT2D eigenvalue weighted by Crippen LogP contribution is 2.25. The highest BCUT2D eigenvalue weighted by atomic mass is 16.3. The molecule has 0 aromatic rings. The van der Waals surface area contributed by atoms with Gasteiger partial charge in [0.1, 0.15) is 0 Å². The molecule has 72 valence electrons. The molecule has 0 amide bonds. The summed E-state index contributed by atoms with van der Waals surface area (Å²) in [5.74, 6) is 0.797. The number of aliphatic hydroxyl groups is 1. The maximum Gasteiger partial charge on any atom is 0.0584 e. The molecule has 0 aromatic heterocycles. The maximum atomic E-state index is 9.01. The predicted molar refractivity (Wildman–Crippen MR) is 51.1 cm³/mol. The fraction of sp³-hybridized carbons (Fsp3) is 1.00. The van der Waals surface area contributed by atoms with Gasteiger partial charge in [0, 0.05) is 12.1 Å². The highest BCUT2D eigenvalue weighted by molar-refractivity contribution is 4.82. The summed E-state index contributed by atoms with van der Waals surface area (Å²) in [6.45, 7) is 4.70. The van der Waals surface area contributed by atoms with E-state index in [1.807, 2.05) is 0 Å². The lowest BCUT2D eigenvalue weighted by Gasteiger charge is -2.23. The lowest BCUT2D eigenvalue weighted by atomic mass is 10.0. The molecular formula is C10H21NO. The first kappa shape index (κ1) is 10.0. The van der Waals surface area contributed by atoms with Crippen molar-refractivity contribution in [3.05, 3.63) is 0 Å². The molecule has 1 aliphatic rings. The van der Waals surface area contributed by atoms with Crippen LogP contribution < -0.4 is 5.32 Å². The van der Waals surface area contributed by atoms with Gasteiger partial charge >= 0.3 is 0 Å². The van der Waals surface area contributed by atoms with E-state index in [1.165, 1.54) is 19.3 Å². The van der Waals surface area contributed by atoms with Crippen LogP contribution in [0.1, 0.15) is 39.5 Å². The molecule has 0 bridgehead atoms. The Kier molecular flexibility index (Phi) is 4.02. The van der Waals surface area contributed by atoms with Crippen LogP contribution in [-0.4, -0.2) is 23.8 Å².